The Morgan fingerprint density at radius 1 is 1.00 bits per heavy atom. The van der Waals surface area contributed by atoms with Crippen molar-refractivity contribution >= 4 is 28.4 Å². The Kier molecular flexibility index (Phi) is 8.25. The summed E-state index contributed by atoms with van der Waals surface area (Å²) in [6.07, 6.45) is 5.60. The number of nitrogens with zero attached hydrogens (tertiary/aromatic N) is 5. The molecule has 1 aromatic carbocycles. The number of aromatic nitrogens is 4. The summed E-state index contributed by atoms with van der Waals surface area (Å²) in [4.78, 5) is 46.4. The Morgan fingerprint density at radius 2 is 1.69 bits per heavy atom. The molecule has 0 atom stereocenters. The molecule has 0 bridgehead atoms. The lowest BCUT2D eigenvalue weighted by Crippen LogP contribution is -2.43. The lowest BCUT2D eigenvalue weighted by Gasteiger charge is -2.22. The Labute approximate surface area is 210 Å². The van der Waals surface area contributed by atoms with Crippen molar-refractivity contribution in [3.8, 4) is 0 Å². The van der Waals surface area contributed by atoms with Crippen molar-refractivity contribution in [2.24, 2.45) is 0 Å². The Hall–Kier alpha value is -3.40. The Balaban J connectivity index is 1.59. The van der Waals surface area contributed by atoms with E-state index in [0.717, 1.165) is 23.3 Å². The molecule has 1 saturated heterocycles. The van der Waals surface area contributed by atoms with Gasteiger partial charge in [-0.25, -0.2) is 14.3 Å². The molecule has 3 aromatic rings. The highest BCUT2D eigenvalue weighted by Crippen LogP contribution is 2.21. The first-order valence-corrected chi connectivity index (χ1v) is 12.8. The number of nitrogens with one attached hydrogen (secondary N) is 1. The number of benzene rings is 1. The fraction of sp³-hybridized carbons (Fsp3) is 0.538. The second-order valence-electron chi connectivity index (χ2n) is 9.30. The Bertz CT molecular complexity index is 1310. The van der Waals surface area contributed by atoms with Gasteiger partial charge in [-0.1, -0.05) is 19.8 Å². The van der Waals surface area contributed by atoms with Gasteiger partial charge in [0.1, 0.15) is 12.4 Å². The number of anilines is 2. The molecule has 0 unspecified atom stereocenters. The summed E-state index contributed by atoms with van der Waals surface area (Å²) in [6.45, 7) is 6.67. The average Bonchev–Trinajstić information content (AvgIpc) is 3.02. The fourth-order valence-corrected chi connectivity index (χ4v) is 4.85. The van der Waals surface area contributed by atoms with Crippen molar-refractivity contribution < 1.29 is 9.53 Å². The summed E-state index contributed by atoms with van der Waals surface area (Å²) in [5, 5.41) is 2.83. The summed E-state index contributed by atoms with van der Waals surface area (Å²) >= 11 is 0. The van der Waals surface area contributed by atoms with Crippen LogP contribution in [-0.4, -0.2) is 51.4 Å². The summed E-state index contributed by atoms with van der Waals surface area (Å²) < 4.78 is 9.42. The number of ether oxygens (including phenoxy) is 1. The molecule has 1 aliphatic heterocycles. The minimum atomic E-state index is -0.530. The van der Waals surface area contributed by atoms with Crippen molar-refractivity contribution in [3.05, 3.63) is 50.9 Å². The highest BCUT2D eigenvalue weighted by molar-refractivity contribution is 5.90. The summed E-state index contributed by atoms with van der Waals surface area (Å²) in [7, 11) is 1.59. The van der Waals surface area contributed by atoms with E-state index in [1.807, 2.05) is 31.2 Å². The van der Waals surface area contributed by atoms with Crippen molar-refractivity contribution in [3.63, 3.8) is 0 Å². The number of hydrogen-bond donors (Lipinski definition) is 1. The Morgan fingerprint density at radius 3 is 2.33 bits per heavy atom. The van der Waals surface area contributed by atoms with Gasteiger partial charge in [0.15, 0.2) is 11.2 Å². The van der Waals surface area contributed by atoms with Gasteiger partial charge in [-0.2, -0.15) is 0 Å². The molecule has 10 nitrogen and oxygen atoms in total. The van der Waals surface area contributed by atoms with E-state index in [1.54, 1.807) is 18.6 Å². The second-order valence-corrected chi connectivity index (χ2v) is 9.30. The van der Waals surface area contributed by atoms with E-state index in [-0.39, 0.29) is 6.54 Å². The highest BCUT2D eigenvalue weighted by atomic mass is 16.5. The fourth-order valence-electron chi connectivity index (χ4n) is 4.85. The van der Waals surface area contributed by atoms with Crippen molar-refractivity contribution in [1.29, 1.82) is 0 Å². The molecule has 0 aliphatic carbocycles. The predicted octanol–water partition coefficient (Wildman–Crippen LogP) is 2.74. The van der Waals surface area contributed by atoms with E-state index in [1.165, 1.54) is 30.3 Å². The minimum Gasteiger partial charge on any atom is -0.383 e. The molecular weight excluding hydrogens is 460 g/mol. The summed E-state index contributed by atoms with van der Waals surface area (Å²) in [5.41, 5.74) is 1.37. The van der Waals surface area contributed by atoms with Crippen LogP contribution >= 0.6 is 0 Å². The van der Waals surface area contributed by atoms with Crippen LogP contribution in [0.2, 0.25) is 0 Å². The third-order valence-electron chi connectivity index (χ3n) is 6.70. The first kappa shape index (κ1) is 25.7. The SMILES string of the molecule is CCCn1c(=O)n(CC(=O)Nc2ccc(N3CCCCCC3)cc2)c(=O)c2c1nc(C)n2CCOC. The van der Waals surface area contributed by atoms with Crippen LogP contribution < -0.4 is 21.5 Å². The number of carbonyl (C=O) groups excluding carboxylic acids is 1. The third-order valence-corrected chi connectivity index (χ3v) is 6.70. The molecule has 3 heterocycles. The summed E-state index contributed by atoms with van der Waals surface area (Å²) in [5.74, 6) is 0.189. The van der Waals surface area contributed by atoms with Crippen LogP contribution in [-0.2, 0) is 29.2 Å². The van der Waals surface area contributed by atoms with Gasteiger partial charge in [-0.3, -0.25) is 14.2 Å². The topological polar surface area (TPSA) is 103 Å². The lowest BCUT2D eigenvalue weighted by atomic mass is 10.2. The van der Waals surface area contributed by atoms with Crippen LogP contribution in [0.25, 0.3) is 11.2 Å². The average molecular weight is 497 g/mol. The molecule has 0 saturated carbocycles. The number of aryl methyl sites for hydroxylation is 2. The predicted molar refractivity (Wildman–Crippen MR) is 141 cm³/mol. The van der Waals surface area contributed by atoms with E-state index < -0.39 is 17.2 Å². The first-order chi connectivity index (χ1) is 17.4. The maximum atomic E-state index is 13.4. The van der Waals surface area contributed by atoms with Crippen LogP contribution in [0.15, 0.2) is 33.9 Å². The van der Waals surface area contributed by atoms with Crippen LogP contribution in [0.4, 0.5) is 11.4 Å². The molecule has 1 N–H and O–H groups in total. The zero-order chi connectivity index (χ0) is 25.7. The number of rotatable bonds is 9. The van der Waals surface area contributed by atoms with E-state index in [9.17, 15) is 14.4 Å². The van der Waals surface area contributed by atoms with E-state index in [0.29, 0.717) is 48.8 Å². The van der Waals surface area contributed by atoms with E-state index in [2.05, 4.69) is 15.2 Å². The third kappa shape index (κ3) is 5.38. The monoisotopic (exact) mass is 496 g/mol. The maximum absolute atomic E-state index is 13.4. The molecule has 0 spiro atoms. The minimum absolute atomic E-state index is 0.312. The van der Waals surface area contributed by atoms with Crippen molar-refractivity contribution in [2.45, 2.75) is 65.6 Å². The zero-order valence-electron chi connectivity index (χ0n) is 21.5. The van der Waals surface area contributed by atoms with Gasteiger partial charge in [-0.15, -0.1) is 0 Å². The van der Waals surface area contributed by atoms with Gasteiger partial charge in [0.2, 0.25) is 5.91 Å². The molecule has 1 fully saturated rings. The van der Waals surface area contributed by atoms with Gasteiger partial charge in [0.05, 0.1) is 6.61 Å². The number of hydrogen-bond acceptors (Lipinski definition) is 6. The number of amides is 1. The molecular formula is C26H36N6O4. The second kappa shape index (κ2) is 11.6. The van der Waals surface area contributed by atoms with Crippen molar-refractivity contribution in [1.82, 2.24) is 18.7 Å². The van der Waals surface area contributed by atoms with Gasteiger partial charge in [-0.05, 0) is 50.5 Å². The molecule has 36 heavy (non-hydrogen) atoms. The zero-order valence-corrected chi connectivity index (χ0v) is 21.5. The molecule has 1 amide bonds. The molecule has 0 radical (unpaired) electrons. The molecule has 4 rings (SSSR count). The highest BCUT2D eigenvalue weighted by Gasteiger charge is 2.21. The van der Waals surface area contributed by atoms with Crippen LogP contribution in [0.1, 0.15) is 44.9 Å². The standard InChI is InChI=1S/C26H36N6O4/c1-4-13-31-24-23(30(16-17-36-3)19(2)27-24)25(34)32(26(31)35)18-22(33)28-20-9-11-21(12-10-20)29-14-7-5-6-8-15-29/h9-12H,4-8,13-18H2,1-3H3,(H,28,33). The number of fused-ring (bicyclic) bond motifs is 1. The van der Waals surface area contributed by atoms with E-state index >= 15 is 0 Å². The van der Waals surface area contributed by atoms with Gasteiger partial charge in [0.25, 0.3) is 5.56 Å². The number of carbonyl (C=O) groups is 1. The number of methoxy groups -OCH3 is 1. The molecule has 194 valence electrons. The lowest BCUT2D eigenvalue weighted by molar-refractivity contribution is -0.116. The van der Waals surface area contributed by atoms with Crippen LogP contribution in [0.5, 0.6) is 0 Å². The normalized spacial score (nSPS) is 14.2. The first-order valence-electron chi connectivity index (χ1n) is 12.8. The van der Waals surface area contributed by atoms with Gasteiger partial charge in [0, 0.05) is 44.7 Å². The summed E-state index contributed by atoms with van der Waals surface area (Å²) in [6, 6.07) is 7.74. The largest absolute Gasteiger partial charge is 0.383 e. The molecule has 2 aromatic heterocycles. The number of imidazole rings is 1. The molecule has 10 heteroatoms. The van der Waals surface area contributed by atoms with Crippen LogP contribution in [0.3, 0.4) is 0 Å². The quantitative estimate of drug-likeness (QED) is 0.489. The van der Waals surface area contributed by atoms with Gasteiger partial charge >= 0.3 is 5.69 Å². The van der Waals surface area contributed by atoms with Gasteiger partial charge < -0.3 is 19.5 Å². The maximum Gasteiger partial charge on any atom is 0.333 e. The van der Waals surface area contributed by atoms with Crippen molar-refractivity contribution in [2.75, 3.05) is 37.0 Å². The van der Waals surface area contributed by atoms with E-state index in [4.69, 9.17) is 4.74 Å². The smallest absolute Gasteiger partial charge is 0.333 e. The molecule has 1 aliphatic rings. The van der Waals surface area contributed by atoms with Crippen LogP contribution in [0, 0.1) is 6.92 Å².